The molecule has 1 N–H and O–H groups in total. The second-order valence-electron chi connectivity index (χ2n) is 3.87. The van der Waals surface area contributed by atoms with Crippen LogP contribution >= 0.6 is 0 Å². The van der Waals surface area contributed by atoms with Crippen LogP contribution in [0.25, 0.3) is 0 Å². The molecule has 0 aliphatic carbocycles. The molecule has 5 heteroatoms. The highest BCUT2D eigenvalue weighted by Crippen LogP contribution is 2.05. The molecule has 88 valence electrons. The van der Waals surface area contributed by atoms with Crippen LogP contribution in [-0.2, 0) is 4.74 Å². The zero-order valence-electron chi connectivity index (χ0n) is 9.65. The number of rotatable bonds is 4. The van der Waals surface area contributed by atoms with Gasteiger partial charge in [0.15, 0.2) is 0 Å². The van der Waals surface area contributed by atoms with Gasteiger partial charge in [-0.1, -0.05) is 0 Å². The summed E-state index contributed by atoms with van der Waals surface area (Å²) < 4.78 is 5.30. The predicted octanol–water partition coefficient (Wildman–Crippen LogP) is 0.529. The Balaban J connectivity index is 1.73. The highest BCUT2D eigenvalue weighted by molar-refractivity contribution is 5.38. The van der Waals surface area contributed by atoms with E-state index in [1.807, 2.05) is 6.92 Å². The SMILES string of the molecule is Cc1nccnc1NCCN1CCOCC1. The van der Waals surface area contributed by atoms with Crippen molar-refractivity contribution < 1.29 is 4.74 Å². The van der Waals surface area contributed by atoms with Crippen molar-refractivity contribution in [3.8, 4) is 0 Å². The molecule has 0 radical (unpaired) electrons. The zero-order valence-corrected chi connectivity index (χ0v) is 9.65. The van der Waals surface area contributed by atoms with E-state index in [4.69, 9.17) is 4.74 Å². The Morgan fingerprint density at radius 1 is 1.31 bits per heavy atom. The van der Waals surface area contributed by atoms with Crippen molar-refractivity contribution in [1.29, 1.82) is 0 Å². The maximum Gasteiger partial charge on any atom is 0.147 e. The van der Waals surface area contributed by atoms with E-state index in [1.54, 1.807) is 12.4 Å². The van der Waals surface area contributed by atoms with Crippen LogP contribution in [0.1, 0.15) is 5.69 Å². The molecule has 0 saturated carbocycles. The van der Waals surface area contributed by atoms with Gasteiger partial charge < -0.3 is 10.1 Å². The van der Waals surface area contributed by atoms with E-state index < -0.39 is 0 Å². The largest absolute Gasteiger partial charge is 0.379 e. The number of hydrogen-bond acceptors (Lipinski definition) is 5. The van der Waals surface area contributed by atoms with Crippen molar-refractivity contribution in [2.45, 2.75) is 6.92 Å². The number of anilines is 1. The van der Waals surface area contributed by atoms with Gasteiger partial charge in [0.25, 0.3) is 0 Å². The highest BCUT2D eigenvalue weighted by Gasteiger charge is 2.09. The molecule has 1 aromatic heterocycles. The van der Waals surface area contributed by atoms with Crippen molar-refractivity contribution in [2.24, 2.45) is 0 Å². The summed E-state index contributed by atoms with van der Waals surface area (Å²) in [5.41, 5.74) is 0.949. The van der Waals surface area contributed by atoms with Crippen molar-refractivity contribution in [3.63, 3.8) is 0 Å². The fourth-order valence-electron chi connectivity index (χ4n) is 1.74. The Hall–Kier alpha value is -1.20. The summed E-state index contributed by atoms with van der Waals surface area (Å²) in [5, 5.41) is 3.30. The van der Waals surface area contributed by atoms with Crippen LogP contribution in [0, 0.1) is 6.92 Å². The fraction of sp³-hybridized carbons (Fsp3) is 0.636. The number of nitrogens with one attached hydrogen (secondary N) is 1. The monoisotopic (exact) mass is 222 g/mol. The van der Waals surface area contributed by atoms with Gasteiger partial charge in [-0.2, -0.15) is 0 Å². The number of nitrogens with zero attached hydrogens (tertiary/aromatic N) is 3. The summed E-state index contributed by atoms with van der Waals surface area (Å²) in [6, 6.07) is 0. The van der Waals surface area contributed by atoms with Crippen LogP contribution in [0.5, 0.6) is 0 Å². The van der Waals surface area contributed by atoms with E-state index in [9.17, 15) is 0 Å². The number of morpholine rings is 1. The van der Waals surface area contributed by atoms with Crippen molar-refractivity contribution >= 4 is 5.82 Å². The van der Waals surface area contributed by atoms with E-state index in [1.165, 1.54) is 0 Å². The summed E-state index contributed by atoms with van der Waals surface area (Å²) in [4.78, 5) is 10.8. The van der Waals surface area contributed by atoms with Crippen LogP contribution in [0.15, 0.2) is 12.4 Å². The first-order valence-corrected chi connectivity index (χ1v) is 5.68. The summed E-state index contributed by atoms with van der Waals surface area (Å²) in [6.07, 6.45) is 3.42. The fourth-order valence-corrected chi connectivity index (χ4v) is 1.74. The molecule has 2 heterocycles. The summed E-state index contributed by atoms with van der Waals surface area (Å²) in [7, 11) is 0. The summed E-state index contributed by atoms with van der Waals surface area (Å²) >= 11 is 0. The molecular weight excluding hydrogens is 204 g/mol. The van der Waals surface area contributed by atoms with Crippen LogP contribution < -0.4 is 5.32 Å². The lowest BCUT2D eigenvalue weighted by Crippen LogP contribution is -2.39. The lowest BCUT2D eigenvalue weighted by Gasteiger charge is -2.26. The topological polar surface area (TPSA) is 50.3 Å². The molecule has 16 heavy (non-hydrogen) atoms. The third kappa shape index (κ3) is 3.15. The van der Waals surface area contributed by atoms with Crippen LogP contribution in [0.3, 0.4) is 0 Å². The number of aromatic nitrogens is 2. The average Bonchev–Trinajstić information content (AvgIpc) is 2.33. The van der Waals surface area contributed by atoms with Gasteiger partial charge in [0.2, 0.25) is 0 Å². The Morgan fingerprint density at radius 3 is 2.81 bits per heavy atom. The molecule has 1 saturated heterocycles. The highest BCUT2D eigenvalue weighted by atomic mass is 16.5. The van der Waals surface area contributed by atoms with Gasteiger partial charge in [-0.15, -0.1) is 0 Å². The molecule has 0 aromatic carbocycles. The molecule has 1 aliphatic heterocycles. The average molecular weight is 222 g/mol. The third-order valence-electron chi connectivity index (χ3n) is 2.71. The molecule has 5 nitrogen and oxygen atoms in total. The van der Waals surface area contributed by atoms with Gasteiger partial charge in [0.1, 0.15) is 5.82 Å². The standard InChI is InChI=1S/C11H18N4O/c1-10-11(13-3-2-12-10)14-4-5-15-6-8-16-9-7-15/h2-3H,4-9H2,1H3,(H,13,14). The third-order valence-corrected chi connectivity index (χ3v) is 2.71. The van der Waals surface area contributed by atoms with E-state index >= 15 is 0 Å². The van der Waals surface area contributed by atoms with Gasteiger partial charge in [-0.05, 0) is 6.92 Å². The molecule has 1 aromatic rings. The minimum Gasteiger partial charge on any atom is -0.379 e. The van der Waals surface area contributed by atoms with Gasteiger partial charge >= 0.3 is 0 Å². The van der Waals surface area contributed by atoms with Crippen LogP contribution in [0.4, 0.5) is 5.82 Å². The molecule has 0 bridgehead atoms. The first kappa shape index (κ1) is 11.3. The quantitative estimate of drug-likeness (QED) is 0.805. The van der Waals surface area contributed by atoms with Crippen LogP contribution in [-0.4, -0.2) is 54.3 Å². The Morgan fingerprint density at radius 2 is 2.06 bits per heavy atom. The zero-order chi connectivity index (χ0) is 11.2. The first-order valence-electron chi connectivity index (χ1n) is 5.68. The smallest absolute Gasteiger partial charge is 0.147 e. The Labute approximate surface area is 95.8 Å². The minimum atomic E-state index is 0.851. The van der Waals surface area contributed by atoms with E-state index in [0.717, 1.165) is 50.9 Å². The second kappa shape index (κ2) is 5.77. The summed E-state index contributed by atoms with van der Waals surface area (Å²) in [6.45, 7) is 7.65. The minimum absolute atomic E-state index is 0.851. The second-order valence-corrected chi connectivity index (χ2v) is 3.87. The van der Waals surface area contributed by atoms with Crippen molar-refractivity contribution in [3.05, 3.63) is 18.1 Å². The lowest BCUT2D eigenvalue weighted by atomic mass is 10.4. The van der Waals surface area contributed by atoms with E-state index in [-0.39, 0.29) is 0 Å². The van der Waals surface area contributed by atoms with E-state index in [0.29, 0.717) is 0 Å². The van der Waals surface area contributed by atoms with Crippen molar-refractivity contribution in [1.82, 2.24) is 14.9 Å². The number of hydrogen-bond donors (Lipinski definition) is 1. The molecule has 2 rings (SSSR count). The lowest BCUT2D eigenvalue weighted by molar-refractivity contribution is 0.0398. The van der Waals surface area contributed by atoms with Crippen LogP contribution in [0.2, 0.25) is 0 Å². The maximum absolute atomic E-state index is 5.30. The maximum atomic E-state index is 5.30. The molecular formula is C11H18N4O. The summed E-state index contributed by atoms with van der Waals surface area (Å²) in [5.74, 6) is 0.885. The predicted molar refractivity (Wildman–Crippen MR) is 62.5 cm³/mol. The van der Waals surface area contributed by atoms with E-state index in [2.05, 4.69) is 20.2 Å². The molecule has 0 amide bonds. The van der Waals surface area contributed by atoms with Gasteiger partial charge in [0, 0.05) is 38.6 Å². The molecule has 1 aliphatic rings. The molecule has 1 fully saturated rings. The van der Waals surface area contributed by atoms with Gasteiger partial charge in [-0.3, -0.25) is 9.88 Å². The van der Waals surface area contributed by atoms with Gasteiger partial charge in [0.05, 0.1) is 18.9 Å². The van der Waals surface area contributed by atoms with Crippen molar-refractivity contribution in [2.75, 3.05) is 44.7 Å². The normalized spacial score (nSPS) is 17.3. The molecule has 0 unspecified atom stereocenters. The Kier molecular flexibility index (Phi) is 4.07. The Bertz CT molecular complexity index is 326. The molecule has 0 atom stereocenters. The first-order chi connectivity index (χ1) is 7.86. The number of ether oxygens (including phenoxy) is 1. The number of aryl methyl sites for hydroxylation is 1. The van der Waals surface area contributed by atoms with Gasteiger partial charge in [-0.25, -0.2) is 4.98 Å². The molecule has 0 spiro atoms.